The second kappa shape index (κ2) is 19.0. The summed E-state index contributed by atoms with van der Waals surface area (Å²) in [7, 11) is 0.500. The van der Waals surface area contributed by atoms with Crippen molar-refractivity contribution >= 4 is 28.5 Å². The van der Waals surface area contributed by atoms with Crippen LogP contribution in [-0.4, -0.2) is 40.9 Å². The van der Waals surface area contributed by atoms with Crippen molar-refractivity contribution in [3.63, 3.8) is 0 Å². The van der Waals surface area contributed by atoms with E-state index in [0.29, 0.717) is 48.9 Å². The number of halogens is 3. The Hall–Kier alpha value is -4.27. The summed E-state index contributed by atoms with van der Waals surface area (Å²) < 4.78 is 33.4. The average Bonchev–Trinajstić information content (AvgIpc) is 2.89. The van der Waals surface area contributed by atoms with Gasteiger partial charge in [-0.25, -0.2) is 18.7 Å². The molecule has 0 aliphatic rings. The van der Waals surface area contributed by atoms with Gasteiger partial charge in [-0.3, -0.25) is 14.0 Å². The number of carboxylic acid groups (broad SMARTS) is 1. The van der Waals surface area contributed by atoms with E-state index in [1.165, 1.54) is 18.2 Å². The predicted octanol–water partition coefficient (Wildman–Crippen LogP) is 6.64. The predicted molar refractivity (Wildman–Crippen MR) is 143 cm³/mol. The molecule has 1 amide bonds. The van der Waals surface area contributed by atoms with Crippen LogP contribution in [-0.2, 0) is 11.2 Å². The van der Waals surface area contributed by atoms with Crippen molar-refractivity contribution in [3.8, 4) is 0 Å². The van der Waals surface area contributed by atoms with Gasteiger partial charge in [-0.15, -0.1) is 0 Å². The zero-order valence-corrected chi connectivity index (χ0v) is 20.9. The van der Waals surface area contributed by atoms with E-state index in [-0.39, 0.29) is 12.0 Å². The number of nitrogens with one attached hydrogen (secondary N) is 1. The number of allylic oxidation sites excluding steroid dienone is 8. The summed E-state index contributed by atoms with van der Waals surface area (Å²) in [4.78, 5) is 31.9. The maximum Gasteiger partial charge on any atom is 0.303 e. The number of carbonyl (C=O) groups is 2. The summed E-state index contributed by atoms with van der Waals surface area (Å²) in [6, 6.07) is 4.77. The third kappa shape index (κ3) is 12.3. The summed E-state index contributed by atoms with van der Waals surface area (Å²) >= 11 is 0. The van der Waals surface area contributed by atoms with Gasteiger partial charge in [-0.05, 0) is 43.5 Å². The lowest BCUT2D eigenvalue weighted by Gasteiger charge is -2.11. The molecule has 9 heteroatoms. The molecule has 1 heterocycles. The summed E-state index contributed by atoms with van der Waals surface area (Å²) in [6.45, 7) is 12.9. The highest BCUT2D eigenvalue weighted by Gasteiger charge is 2.14. The van der Waals surface area contributed by atoms with Crippen molar-refractivity contribution in [2.45, 2.75) is 25.7 Å². The van der Waals surface area contributed by atoms with Crippen LogP contribution in [0.1, 0.15) is 41.0 Å². The van der Waals surface area contributed by atoms with Gasteiger partial charge < -0.3 is 10.4 Å². The number of carbonyl (C=O) groups excluding carboxylic acids is 1. The Bertz CT molecular complexity index is 1160. The van der Waals surface area contributed by atoms with Crippen molar-refractivity contribution < 1.29 is 27.9 Å². The van der Waals surface area contributed by atoms with Crippen LogP contribution >= 0.6 is 0 Å². The van der Waals surface area contributed by atoms with Crippen LogP contribution in [0.2, 0.25) is 0 Å². The molecule has 0 bridgehead atoms. The molecule has 0 aliphatic carbocycles. The number of aromatic nitrogens is 2. The molecule has 0 saturated heterocycles. The van der Waals surface area contributed by atoms with Crippen LogP contribution in [0.5, 0.6) is 0 Å². The monoisotopic (exact) mass is 515 g/mol. The first-order chi connectivity index (χ1) is 17.8. The number of fused-ring (bicyclic) bond motifs is 1. The van der Waals surface area contributed by atoms with Gasteiger partial charge in [0.1, 0.15) is 5.83 Å². The number of alkyl halides is 2. The maximum atomic E-state index is 12.4. The van der Waals surface area contributed by atoms with Gasteiger partial charge in [-0.1, -0.05) is 56.7 Å². The van der Waals surface area contributed by atoms with E-state index in [2.05, 4.69) is 41.6 Å². The van der Waals surface area contributed by atoms with E-state index in [4.69, 9.17) is 5.11 Å². The molecule has 1 aromatic carbocycles. The lowest BCUT2D eigenvalue weighted by atomic mass is 10.0. The quantitative estimate of drug-likeness (QED) is 0.188. The van der Waals surface area contributed by atoms with Crippen molar-refractivity contribution in [2.24, 2.45) is 0 Å². The Morgan fingerprint density at radius 2 is 1.78 bits per heavy atom. The Morgan fingerprint density at radius 1 is 1.08 bits per heavy atom. The van der Waals surface area contributed by atoms with Crippen LogP contribution in [0.15, 0.2) is 86.8 Å². The molecule has 0 radical (unpaired) electrons. The molecule has 0 unspecified atom stereocenters. The van der Waals surface area contributed by atoms with Crippen molar-refractivity contribution in [1.29, 1.82) is 0 Å². The zero-order valence-electron chi connectivity index (χ0n) is 20.9. The SMILES string of the molecule is C=C/C=C(\C=C)c1nc2ccc(C(=O)NCF)cc2nc1CCCCC(=O)O.C=C/C=C\C(=C)F.CF. The van der Waals surface area contributed by atoms with Crippen LogP contribution in [0.25, 0.3) is 16.6 Å². The van der Waals surface area contributed by atoms with Crippen LogP contribution < -0.4 is 5.32 Å². The number of carboxylic acids is 1. The largest absolute Gasteiger partial charge is 0.481 e. The Morgan fingerprint density at radius 3 is 2.30 bits per heavy atom. The normalized spacial score (nSPS) is 10.4. The number of aryl methyl sites for hydroxylation is 1. The number of rotatable bonds is 12. The van der Waals surface area contributed by atoms with E-state index >= 15 is 0 Å². The van der Waals surface area contributed by atoms with Gasteiger partial charge in [0, 0.05) is 17.6 Å². The molecule has 37 heavy (non-hydrogen) atoms. The first kappa shape index (κ1) is 32.7. The summed E-state index contributed by atoms with van der Waals surface area (Å²) in [6.07, 6.45) is 11.0. The lowest BCUT2D eigenvalue weighted by molar-refractivity contribution is -0.137. The highest BCUT2D eigenvalue weighted by molar-refractivity contribution is 5.97. The van der Waals surface area contributed by atoms with E-state index in [1.54, 1.807) is 36.4 Å². The number of aliphatic carboxylic acids is 1. The molecule has 1 aromatic heterocycles. The van der Waals surface area contributed by atoms with Gasteiger partial charge in [0.05, 0.1) is 29.6 Å². The van der Waals surface area contributed by atoms with Crippen LogP contribution in [0.4, 0.5) is 13.2 Å². The van der Waals surface area contributed by atoms with Gasteiger partial charge in [0.25, 0.3) is 5.91 Å². The molecular weight excluding hydrogens is 483 g/mol. The fourth-order valence-corrected chi connectivity index (χ4v) is 2.91. The van der Waals surface area contributed by atoms with Gasteiger partial charge >= 0.3 is 5.97 Å². The minimum Gasteiger partial charge on any atom is -0.481 e. The van der Waals surface area contributed by atoms with E-state index in [9.17, 15) is 22.8 Å². The Balaban J connectivity index is 0.00000124. The Kier molecular flexibility index (Phi) is 16.8. The minimum atomic E-state index is -0.953. The fourth-order valence-electron chi connectivity index (χ4n) is 2.91. The van der Waals surface area contributed by atoms with Gasteiger partial charge in [0.15, 0.2) is 6.80 Å². The topological polar surface area (TPSA) is 92.2 Å². The minimum absolute atomic E-state index is 0.0840. The van der Waals surface area contributed by atoms with E-state index in [0.717, 1.165) is 5.57 Å². The standard InChI is InChI=1S/C21H22FN3O3.C6H7F.CH3F/c1-3-7-14(4-2)20-17(8-5-6-9-19(26)27)24-18-12-15(21(28)23-13-22)10-11-16(18)25-20;1-3-4-5-6(2)7;1-2/h3-4,7,10-12H,1-2,5-6,8-9,13H2,(H,23,28)(H,26,27);3-5H,1-2H2;1H3/b14-7+;5-4-;. The fraction of sp³-hybridized carbons (Fsp3) is 0.214. The second-order valence-corrected chi connectivity index (χ2v) is 7.07. The molecular formula is C28H32F3N3O3. The summed E-state index contributed by atoms with van der Waals surface area (Å²) in [5, 5.41) is 10.9. The molecule has 198 valence electrons. The average molecular weight is 516 g/mol. The molecule has 0 saturated carbocycles. The van der Waals surface area contributed by atoms with E-state index in [1.807, 2.05) is 0 Å². The molecule has 2 N–H and O–H groups in total. The van der Waals surface area contributed by atoms with Crippen molar-refractivity contribution in [3.05, 3.63) is 104 Å². The highest BCUT2D eigenvalue weighted by atomic mass is 19.1. The number of nitrogens with zero attached hydrogens (tertiary/aromatic N) is 2. The first-order valence-electron chi connectivity index (χ1n) is 11.1. The number of unbranched alkanes of at least 4 members (excludes halogenated alkanes) is 1. The highest BCUT2D eigenvalue weighted by Crippen LogP contribution is 2.23. The van der Waals surface area contributed by atoms with Crippen LogP contribution in [0, 0.1) is 0 Å². The molecule has 0 fully saturated rings. The lowest BCUT2D eigenvalue weighted by Crippen LogP contribution is -2.21. The molecule has 0 spiro atoms. The van der Waals surface area contributed by atoms with Crippen molar-refractivity contribution in [1.82, 2.24) is 15.3 Å². The number of amides is 1. The summed E-state index contributed by atoms with van der Waals surface area (Å²) in [5.41, 5.74) is 3.43. The number of hydrogen-bond acceptors (Lipinski definition) is 4. The molecule has 0 aliphatic heterocycles. The van der Waals surface area contributed by atoms with Crippen molar-refractivity contribution in [2.75, 3.05) is 14.0 Å². The molecule has 2 rings (SSSR count). The summed E-state index contributed by atoms with van der Waals surface area (Å²) in [5.74, 6) is -1.82. The third-order valence-corrected chi connectivity index (χ3v) is 4.48. The Labute approximate surface area is 215 Å². The van der Waals surface area contributed by atoms with E-state index < -0.39 is 24.5 Å². The maximum absolute atomic E-state index is 12.4. The second-order valence-electron chi connectivity index (χ2n) is 7.07. The van der Waals surface area contributed by atoms with Gasteiger partial charge in [-0.2, -0.15) is 0 Å². The number of hydrogen-bond donors (Lipinski definition) is 2. The number of benzene rings is 1. The third-order valence-electron chi connectivity index (χ3n) is 4.48. The van der Waals surface area contributed by atoms with Gasteiger partial charge in [0.2, 0.25) is 0 Å². The molecule has 6 nitrogen and oxygen atoms in total. The smallest absolute Gasteiger partial charge is 0.303 e. The first-order valence-corrected chi connectivity index (χ1v) is 11.1. The molecule has 2 aromatic rings. The zero-order chi connectivity index (χ0) is 28.2. The van der Waals surface area contributed by atoms with Crippen LogP contribution in [0.3, 0.4) is 0 Å². The molecule has 0 atom stereocenters.